The lowest BCUT2D eigenvalue weighted by Gasteiger charge is -2.16. The average molecular weight is 460 g/mol. The van der Waals surface area contributed by atoms with E-state index in [1.165, 1.54) is 0 Å². The lowest BCUT2D eigenvalue weighted by Crippen LogP contribution is -2.27. The number of methoxy groups -OCH3 is 3. The van der Waals surface area contributed by atoms with Gasteiger partial charge in [0.05, 0.1) is 33.1 Å². The fourth-order valence-corrected chi connectivity index (χ4v) is 3.60. The van der Waals surface area contributed by atoms with Gasteiger partial charge < -0.3 is 19.5 Å². The lowest BCUT2D eigenvalue weighted by atomic mass is 10.1. The maximum atomic E-state index is 13.3. The number of carbonyl (C=O) groups excluding carboxylic acids is 1. The summed E-state index contributed by atoms with van der Waals surface area (Å²) >= 11 is 0. The number of ether oxygens (including phenoxy) is 3. The molecule has 1 N–H and O–H groups in total. The van der Waals surface area contributed by atoms with Crippen LogP contribution in [0.5, 0.6) is 17.2 Å². The van der Waals surface area contributed by atoms with E-state index in [0.717, 1.165) is 11.1 Å². The number of rotatable bonds is 8. The number of carbonyl (C=O) groups is 1. The molecule has 9 heteroatoms. The van der Waals surface area contributed by atoms with Gasteiger partial charge in [0.2, 0.25) is 0 Å². The first-order chi connectivity index (χ1) is 16.5. The minimum atomic E-state index is -0.358. The van der Waals surface area contributed by atoms with Gasteiger partial charge in [0.15, 0.2) is 17.2 Å². The number of hydrogen-bond donors (Lipinski definition) is 1. The van der Waals surface area contributed by atoms with Crippen LogP contribution >= 0.6 is 0 Å². The maximum Gasteiger partial charge on any atom is 0.274 e. The van der Waals surface area contributed by atoms with Gasteiger partial charge in [-0.15, -0.1) is 5.10 Å². The van der Waals surface area contributed by atoms with E-state index in [1.54, 1.807) is 44.5 Å². The van der Waals surface area contributed by atoms with E-state index in [4.69, 9.17) is 14.2 Å². The van der Waals surface area contributed by atoms with Gasteiger partial charge in [-0.3, -0.25) is 9.78 Å². The van der Waals surface area contributed by atoms with E-state index < -0.39 is 0 Å². The van der Waals surface area contributed by atoms with Crippen molar-refractivity contribution in [3.05, 3.63) is 78.2 Å². The number of nitrogens with one attached hydrogen (secondary N) is 1. The van der Waals surface area contributed by atoms with Crippen molar-refractivity contribution in [3.63, 3.8) is 0 Å². The molecular weight excluding hydrogens is 434 g/mol. The molecule has 174 valence electrons. The minimum Gasteiger partial charge on any atom is -0.497 e. The zero-order chi connectivity index (χ0) is 24.1. The molecule has 0 bridgehead atoms. The molecule has 0 aliphatic rings. The predicted octanol–water partition coefficient (Wildman–Crippen LogP) is 3.85. The van der Waals surface area contributed by atoms with Gasteiger partial charge in [0.1, 0.15) is 11.4 Å². The van der Waals surface area contributed by atoms with Crippen molar-refractivity contribution in [1.29, 1.82) is 0 Å². The van der Waals surface area contributed by atoms with Crippen LogP contribution in [0.2, 0.25) is 0 Å². The molecule has 9 nitrogen and oxygen atoms in total. The Morgan fingerprint density at radius 3 is 2.41 bits per heavy atom. The molecule has 1 atom stereocenters. The molecule has 0 fully saturated rings. The Morgan fingerprint density at radius 1 is 0.941 bits per heavy atom. The van der Waals surface area contributed by atoms with Crippen LogP contribution in [-0.4, -0.2) is 47.2 Å². The molecule has 0 aliphatic carbocycles. The highest BCUT2D eigenvalue weighted by atomic mass is 16.5. The maximum absolute atomic E-state index is 13.3. The van der Waals surface area contributed by atoms with Crippen LogP contribution < -0.4 is 19.5 Å². The number of benzene rings is 2. The molecule has 34 heavy (non-hydrogen) atoms. The summed E-state index contributed by atoms with van der Waals surface area (Å²) in [7, 11) is 4.75. The highest BCUT2D eigenvalue weighted by Gasteiger charge is 2.24. The van der Waals surface area contributed by atoms with E-state index >= 15 is 0 Å². The Labute approximate surface area is 197 Å². The Morgan fingerprint density at radius 2 is 1.71 bits per heavy atom. The molecule has 0 unspecified atom stereocenters. The Kier molecular flexibility index (Phi) is 6.72. The minimum absolute atomic E-state index is 0.196. The summed E-state index contributed by atoms with van der Waals surface area (Å²) in [4.78, 5) is 17.4. The number of pyridine rings is 1. The number of amides is 1. The van der Waals surface area contributed by atoms with Crippen molar-refractivity contribution in [3.8, 4) is 34.2 Å². The first-order valence-electron chi connectivity index (χ1n) is 10.6. The summed E-state index contributed by atoms with van der Waals surface area (Å²) in [5, 5.41) is 11.5. The third-order valence-corrected chi connectivity index (χ3v) is 5.39. The third kappa shape index (κ3) is 4.54. The molecule has 2 heterocycles. The van der Waals surface area contributed by atoms with Gasteiger partial charge >= 0.3 is 0 Å². The molecule has 0 saturated heterocycles. The molecule has 0 saturated carbocycles. The van der Waals surface area contributed by atoms with Crippen LogP contribution in [0.1, 0.15) is 29.0 Å². The van der Waals surface area contributed by atoms with Crippen molar-refractivity contribution < 1.29 is 19.0 Å². The van der Waals surface area contributed by atoms with Crippen LogP contribution in [0.25, 0.3) is 16.9 Å². The van der Waals surface area contributed by atoms with Crippen molar-refractivity contribution in [2.24, 2.45) is 0 Å². The van der Waals surface area contributed by atoms with Crippen molar-refractivity contribution in [2.45, 2.75) is 13.0 Å². The first kappa shape index (κ1) is 22.8. The molecule has 0 radical (unpaired) electrons. The second kappa shape index (κ2) is 10.0. The lowest BCUT2D eigenvalue weighted by molar-refractivity contribution is 0.0935. The monoisotopic (exact) mass is 459 g/mol. The Bertz CT molecular complexity index is 1290. The Hall–Kier alpha value is -4.40. The normalized spacial score (nSPS) is 11.5. The molecule has 2 aromatic carbocycles. The van der Waals surface area contributed by atoms with Crippen LogP contribution in [-0.2, 0) is 0 Å². The molecule has 4 aromatic rings. The van der Waals surface area contributed by atoms with Gasteiger partial charge in [-0.25, -0.2) is 4.68 Å². The summed E-state index contributed by atoms with van der Waals surface area (Å²) in [6.07, 6.45) is 3.32. The smallest absolute Gasteiger partial charge is 0.274 e. The molecule has 1 amide bonds. The third-order valence-electron chi connectivity index (χ3n) is 5.39. The van der Waals surface area contributed by atoms with Crippen LogP contribution in [0, 0.1) is 0 Å². The van der Waals surface area contributed by atoms with Crippen molar-refractivity contribution >= 4 is 5.91 Å². The summed E-state index contributed by atoms with van der Waals surface area (Å²) in [6.45, 7) is 1.89. The number of hydrogen-bond acceptors (Lipinski definition) is 7. The van der Waals surface area contributed by atoms with E-state index in [2.05, 4.69) is 20.6 Å². The zero-order valence-electron chi connectivity index (χ0n) is 19.4. The molecule has 0 aliphatic heterocycles. The molecule has 0 spiro atoms. The average Bonchev–Trinajstić information content (AvgIpc) is 3.34. The van der Waals surface area contributed by atoms with Gasteiger partial charge in [-0.1, -0.05) is 17.3 Å². The summed E-state index contributed by atoms with van der Waals surface area (Å²) in [5.41, 5.74) is 3.07. The molecular formula is C25H25N5O4. The largest absolute Gasteiger partial charge is 0.497 e. The zero-order valence-corrected chi connectivity index (χ0v) is 19.4. The van der Waals surface area contributed by atoms with Crippen LogP contribution in [0.3, 0.4) is 0 Å². The van der Waals surface area contributed by atoms with Crippen LogP contribution in [0.15, 0.2) is 67.0 Å². The molecule has 2 aromatic heterocycles. The van der Waals surface area contributed by atoms with E-state index in [9.17, 15) is 4.79 Å². The topological polar surface area (TPSA) is 100 Å². The summed E-state index contributed by atoms with van der Waals surface area (Å²) < 4.78 is 17.6. The van der Waals surface area contributed by atoms with E-state index in [-0.39, 0.29) is 17.6 Å². The second-order valence-corrected chi connectivity index (χ2v) is 7.45. The predicted molar refractivity (Wildman–Crippen MR) is 127 cm³/mol. The first-order valence-corrected chi connectivity index (χ1v) is 10.6. The number of aromatic nitrogens is 4. The second-order valence-electron chi connectivity index (χ2n) is 7.45. The van der Waals surface area contributed by atoms with E-state index in [1.807, 2.05) is 55.5 Å². The fraction of sp³-hybridized carbons (Fsp3) is 0.200. The number of nitrogens with zero attached hydrogens (tertiary/aromatic N) is 4. The van der Waals surface area contributed by atoms with Crippen LogP contribution in [0.4, 0.5) is 0 Å². The summed E-state index contributed by atoms with van der Waals surface area (Å²) in [6, 6.07) is 16.2. The van der Waals surface area contributed by atoms with Crippen molar-refractivity contribution in [1.82, 2.24) is 25.3 Å². The SMILES string of the molecule is COc1cccc(-n2nnc(C(=O)N[C@H](C)c3ccc(OC)c(OC)c3)c2-c2ccncc2)c1. The molecule has 4 rings (SSSR count). The van der Waals surface area contributed by atoms with Gasteiger partial charge in [-0.05, 0) is 48.9 Å². The Balaban J connectivity index is 1.70. The fourth-order valence-electron chi connectivity index (χ4n) is 3.60. The highest BCUT2D eigenvalue weighted by Crippen LogP contribution is 2.31. The quantitative estimate of drug-likeness (QED) is 0.427. The van der Waals surface area contributed by atoms with Crippen molar-refractivity contribution in [2.75, 3.05) is 21.3 Å². The van der Waals surface area contributed by atoms with Gasteiger partial charge in [0.25, 0.3) is 5.91 Å². The standard InChI is InChI=1S/C25H25N5O4/c1-16(18-8-9-21(33-3)22(14-18)34-4)27-25(31)23-24(17-10-12-26-13-11-17)30(29-28-23)19-6-5-7-20(15-19)32-2/h5-16H,1-4H3,(H,27,31)/t16-/m1/s1. The highest BCUT2D eigenvalue weighted by molar-refractivity contribution is 5.98. The van der Waals surface area contributed by atoms with Gasteiger partial charge in [0, 0.05) is 24.0 Å². The van der Waals surface area contributed by atoms with E-state index in [0.29, 0.717) is 28.6 Å². The van der Waals surface area contributed by atoms with Gasteiger partial charge in [-0.2, -0.15) is 0 Å². The summed E-state index contributed by atoms with van der Waals surface area (Å²) in [5.74, 6) is 1.51.